The molecule has 0 aliphatic carbocycles. The summed E-state index contributed by atoms with van der Waals surface area (Å²) < 4.78 is 84.9. The summed E-state index contributed by atoms with van der Waals surface area (Å²) in [5.74, 6) is -1.02. The molecule has 2 aromatic carbocycles. The molecule has 0 saturated carbocycles. The van der Waals surface area contributed by atoms with Gasteiger partial charge >= 0.3 is 18.5 Å². The van der Waals surface area contributed by atoms with Gasteiger partial charge in [-0.25, -0.2) is 14.8 Å². The molecule has 7 nitrogen and oxygen atoms in total. The van der Waals surface area contributed by atoms with Crippen LogP contribution in [0.1, 0.15) is 30.5 Å². The maximum atomic E-state index is 12.7. The van der Waals surface area contributed by atoms with Gasteiger partial charge in [0.25, 0.3) is 0 Å². The molecule has 0 spiro atoms. The molecule has 1 heterocycles. The molecule has 13 heteroatoms. The Bertz CT molecular complexity index is 1230. The summed E-state index contributed by atoms with van der Waals surface area (Å²) in [6, 6.07) is 11.9. The molecule has 0 saturated heterocycles. The quantitative estimate of drug-likeness (QED) is 0.291. The number of hydrogen-bond donors (Lipinski definition) is 1. The van der Waals surface area contributed by atoms with Gasteiger partial charge in [0.1, 0.15) is 11.5 Å². The van der Waals surface area contributed by atoms with E-state index in [2.05, 4.69) is 14.7 Å². The zero-order valence-corrected chi connectivity index (χ0v) is 20.9. The Balaban J connectivity index is 1.75. The summed E-state index contributed by atoms with van der Waals surface area (Å²) >= 11 is 0. The highest BCUT2D eigenvalue weighted by Gasteiger charge is 2.31. The number of rotatable bonds is 11. The van der Waals surface area contributed by atoms with E-state index in [1.807, 2.05) is 0 Å². The van der Waals surface area contributed by atoms with E-state index in [9.17, 15) is 36.2 Å². The minimum Gasteiger partial charge on any atom is -0.478 e. The highest BCUT2D eigenvalue weighted by Crippen LogP contribution is 2.25. The highest BCUT2D eigenvalue weighted by atomic mass is 19.4. The summed E-state index contributed by atoms with van der Waals surface area (Å²) in [7, 11) is 0. The Morgan fingerprint density at radius 2 is 1.33 bits per heavy atom. The van der Waals surface area contributed by atoms with Crippen LogP contribution < -0.4 is 14.4 Å². The number of alkyl halides is 6. The zero-order chi connectivity index (χ0) is 28.8. The molecule has 39 heavy (non-hydrogen) atoms. The number of aliphatic carboxylic acids is 1. The molecule has 1 aromatic heterocycles. The molecule has 0 fully saturated rings. The van der Waals surface area contributed by atoms with Gasteiger partial charge in [0.2, 0.25) is 5.95 Å². The second-order valence-electron chi connectivity index (χ2n) is 9.11. The van der Waals surface area contributed by atoms with Gasteiger partial charge in [-0.1, -0.05) is 24.3 Å². The Kier molecular flexibility index (Phi) is 8.92. The van der Waals surface area contributed by atoms with Gasteiger partial charge in [0, 0.05) is 25.5 Å². The first-order valence-corrected chi connectivity index (χ1v) is 11.6. The van der Waals surface area contributed by atoms with Crippen LogP contribution in [0.25, 0.3) is 0 Å². The largest absolute Gasteiger partial charge is 0.573 e. The number of aromatic nitrogens is 2. The number of anilines is 1. The van der Waals surface area contributed by atoms with Crippen LogP contribution in [0.15, 0.2) is 60.9 Å². The molecular formula is C26H25F6N3O4. The van der Waals surface area contributed by atoms with E-state index >= 15 is 0 Å². The van der Waals surface area contributed by atoms with Crippen molar-refractivity contribution in [2.45, 2.75) is 51.4 Å². The van der Waals surface area contributed by atoms with Crippen molar-refractivity contribution in [3.05, 3.63) is 77.6 Å². The molecular weight excluding hydrogens is 532 g/mol. The van der Waals surface area contributed by atoms with E-state index in [4.69, 9.17) is 4.74 Å². The third-order valence-electron chi connectivity index (χ3n) is 5.39. The van der Waals surface area contributed by atoms with E-state index in [-0.39, 0.29) is 23.8 Å². The van der Waals surface area contributed by atoms with Crippen molar-refractivity contribution in [3.63, 3.8) is 0 Å². The number of halogens is 6. The van der Waals surface area contributed by atoms with Crippen molar-refractivity contribution in [2.24, 2.45) is 0 Å². The first kappa shape index (κ1) is 29.5. The topological polar surface area (TPSA) is 84.8 Å². The summed E-state index contributed by atoms with van der Waals surface area (Å²) in [5, 5.41) is 9.21. The van der Waals surface area contributed by atoms with Crippen molar-refractivity contribution < 1.29 is 45.7 Å². The predicted octanol–water partition coefficient (Wildman–Crippen LogP) is 5.97. The Morgan fingerprint density at radius 1 is 0.821 bits per heavy atom. The zero-order valence-electron chi connectivity index (χ0n) is 20.9. The van der Waals surface area contributed by atoms with Gasteiger partial charge in [0.15, 0.2) is 5.60 Å². The highest BCUT2D eigenvalue weighted by molar-refractivity contribution is 5.76. The molecule has 3 aromatic rings. The third-order valence-corrected chi connectivity index (χ3v) is 5.39. The maximum Gasteiger partial charge on any atom is 0.573 e. The van der Waals surface area contributed by atoms with Crippen LogP contribution in [0, 0.1) is 0 Å². The number of carbonyl (C=O) groups is 1. The fraction of sp³-hybridized carbons (Fsp3) is 0.346. The van der Waals surface area contributed by atoms with Gasteiger partial charge in [-0.15, -0.1) is 13.2 Å². The standard InChI is InChI=1S/C26H25F6N3O4/c1-24(2,22(36)37)38-20-7-3-17(4-8-20)11-12-35(23-33-14-19(15-34-23)13-25(27,28)29)16-18-5-9-21(10-6-18)39-26(30,31)32/h3-10,14-15H,11-13,16H2,1-2H3,(H,36,37). The lowest BCUT2D eigenvalue weighted by Gasteiger charge is -2.24. The van der Waals surface area contributed by atoms with E-state index in [0.717, 1.165) is 30.1 Å². The molecule has 0 amide bonds. The second-order valence-corrected chi connectivity index (χ2v) is 9.11. The van der Waals surface area contributed by atoms with E-state index < -0.39 is 30.5 Å². The van der Waals surface area contributed by atoms with Crippen LogP contribution in [-0.2, 0) is 24.2 Å². The SMILES string of the molecule is CC(C)(Oc1ccc(CCN(Cc2ccc(OC(F)(F)F)cc2)c2ncc(CC(F)(F)F)cn2)cc1)C(=O)O. The van der Waals surface area contributed by atoms with Crippen molar-refractivity contribution in [1.82, 2.24) is 9.97 Å². The fourth-order valence-corrected chi connectivity index (χ4v) is 3.43. The van der Waals surface area contributed by atoms with E-state index in [1.54, 1.807) is 29.2 Å². The Morgan fingerprint density at radius 3 is 1.82 bits per heavy atom. The summed E-state index contributed by atoms with van der Waals surface area (Å²) in [6.07, 6.45) is -7.82. The van der Waals surface area contributed by atoms with Crippen LogP contribution in [0.3, 0.4) is 0 Å². The van der Waals surface area contributed by atoms with Crippen LogP contribution in [0.4, 0.5) is 32.3 Å². The lowest BCUT2D eigenvalue weighted by Crippen LogP contribution is -2.37. The average molecular weight is 557 g/mol. The summed E-state index contributed by atoms with van der Waals surface area (Å²) in [5.41, 5.74) is -0.107. The van der Waals surface area contributed by atoms with E-state index in [1.165, 1.54) is 26.0 Å². The average Bonchev–Trinajstić information content (AvgIpc) is 2.82. The smallest absolute Gasteiger partial charge is 0.478 e. The number of hydrogen-bond acceptors (Lipinski definition) is 6. The van der Waals surface area contributed by atoms with Crippen molar-refractivity contribution in [2.75, 3.05) is 11.4 Å². The van der Waals surface area contributed by atoms with E-state index in [0.29, 0.717) is 24.3 Å². The van der Waals surface area contributed by atoms with Crippen LogP contribution in [0.2, 0.25) is 0 Å². The minimum atomic E-state index is -4.83. The van der Waals surface area contributed by atoms with Crippen LogP contribution in [0.5, 0.6) is 11.5 Å². The van der Waals surface area contributed by atoms with Gasteiger partial charge < -0.3 is 19.5 Å². The maximum absolute atomic E-state index is 12.7. The van der Waals surface area contributed by atoms with Gasteiger partial charge in [0.05, 0.1) is 6.42 Å². The number of carboxylic acid groups (broad SMARTS) is 1. The monoisotopic (exact) mass is 557 g/mol. The van der Waals surface area contributed by atoms with Crippen molar-refractivity contribution in [1.29, 1.82) is 0 Å². The normalized spacial score (nSPS) is 12.2. The molecule has 1 N–H and O–H groups in total. The second kappa shape index (κ2) is 11.8. The van der Waals surface area contributed by atoms with Gasteiger partial charge in [-0.2, -0.15) is 13.2 Å². The summed E-state index contributed by atoms with van der Waals surface area (Å²) in [6.45, 7) is 3.30. The molecule has 0 aliphatic rings. The Labute approximate surface area is 220 Å². The van der Waals surface area contributed by atoms with Crippen molar-refractivity contribution in [3.8, 4) is 11.5 Å². The lowest BCUT2D eigenvalue weighted by atomic mass is 10.1. The summed E-state index contributed by atoms with van der Waals surface area (Å²) in [4.78, 5) is 21.1. The molecule has 0 bridgehead atoms. The Hall–Kier alpha value is -4.03. The van der Waals surface area contributed by atoms with Crippen LogP contribution >= 0.6 is 0 Å². The van der Waals surface area contributed by atoms with Crippen molar-refractivity contribution >= 4 is 11.9 Å². The molecule has 0 unspecified atom stereocenters. The number of ether oxygens (including phenoxy) is 2. The molecule has 3 rings (SSSR count). The molecule has 0 aliphatic heterocycles. The van der Waals surface area contributed by atoms with Gasteiger partial charge in [-0.05, 0) is 61.2 Å². The van der Waals surface area contributed by atoms with Crippen LogP contribution in [-0.4, -0.2) is 45.7 Å². The van der Waals surface area contributed by atoms with Gasteiger partial charge in [-0.3, -0.25) is 0 Å². The first-order chi connectivity index (χ1) is 18.1. The fourth-order valence-electron chi connectivity index (χ4n) is 3.43. The third kappa shape index (κ3) is 9.65. The lowest BCUT2D eigenvalue weighted by molar-refractivity contribution is -0.274. The number of carboxylic acids is 1. The molecule has 210 valence electrons. The number of nitrogens with zero attached hydrogens (tertiary/aromatic N) is 3. The molecule has 0 radical (unpaired) electrons. The predicted molar refractivity (Wildman–Crippen MR) is 128 cm³/mol. The number of benzene rings is 2. The first-order valence-electron chi connectivity index (χ1n) is 11.6. The minimum absolute atomic E-state index is 0.111. The molecule has 0 atom stereocenters.